The minimum absolute atomic E-state index is 0. The Bertz CT molecular complexity index is 409. The molecule has 0 fully saturated rings. The molecule has 1 N–H and O–H groups in total. The van der Waals surface area contributed by atoms with Crippen LogP contribution >= 0.6 is 11.3 Å². The number of aryl methyl sites for hydroxylation is 1. The summed E-state index contributed by atoms with van der Waals surface area (Å²) in [5, 5.41) is 11.8. The van der Waals surface area contributed by atoms with E-state index in [0.29, 0.717) is 5.75 Å². The van der Waals surface area contributed by atoms with Gasteiger partial charge in [0.1, 0.15) is 5.75 Å². The van der Waals surface area contributed by atoms with Gasteiger partial charge in [-0.1, -0.05) is 18.2 Å². The summed E-state index contributed by atoms with van der Waals surface area (Å²) in [5.74, 6) is 0.393. The minimum atomic E-state index is 0. The van der Waals surface area contributed by atoms with Crippen molar-refractivity contribution in [3.05, 3.63) is 41.3 Å². The monoisotopic (exact) mass is 245 g/mol. The molecule has 1 heterocycles. The molecule has 0 saturated carbocycles. The number of aromatic hydroxyl groups is 1. The van der Waals surface area contributed by atoms with Crippen molar-refractivity contribution >= 4 is 11.3 Å². The Morgan fingerprint density at radius 3 is 2.57 bits per heavy atom. The van der Waals surface area contributed by atoms with Crippen LogP contribution in [0.5, 0.6) is 5.75 Å². The zero-order valence-electron chi connectivity index (χ0n) is 7.70. The van der Waals surface area contributed by atoms with E-state index in [1.165, 1.54) is 0 Å². The molecule has 3 heteroatoms. The van der Waals surface area contributed by atoms with Gasteiger partial charge in [-0.25, -0.2) is 0 Å². The third kappa shape index (κ3) is 2.01. The molecule has 1 aromatic heterocycles. The Morgan fingerprint density at radius 2 is 1.93 bits per heavy atom. The predicted molar refractivity (Wildman–Crippen MR) is 56.2 cm³/mol. The smallest absolute Gasteiger partial charge is 0.127 e. The molecule has 0 amide bonds. The van der Waals surface area contributed by atoms with Crippen LogP contribution in [0.1, 0.15) is 5.56 Å². The van der Waals surface area contributed by atoms with E-state index in [9.17, 15) is 5.11 Å². The van der Waals surface area contributed by atoms with Gasteiger partial charge in [0.2, 0.25) is 0 Å². The van der Waals surface area contributed by atoms with E-state index in [-0.39, 0.29) is 17.1 Å². The van der Waals surface area contributed by atoms with Crippen molar-refractivity contribution in [3.63, 3.8) is 0 Å². The van der Waals surface area contributed by atoms with Gasteiger partial charge in [-0.15, -0.1) is 11.3 Å². The maximum Gasteiger partial charge on any atom is 0.127 e. The van der Waals surface area contributed by atoms with Crippen molar-refractivity contribution < 1.29 is 22.2 Å². The van der Waals surface area contributed by atoms with Crippen molar-refractivity contribution in [1.29, 1.82) is 0 Å². The Labute approximate surface area is 97.9 Å². The van der Waals surface area contributed by atoms with E-state index in [2.05, 4.69) is 0 Å². The van der Waals surface area contributed by atoms with Crippen LogP contribution in [0, 0.1) is 6.92 Å². The van der Waals surface area contributed by atoms with E-state index in [1.807, 2.05) is 42.6 Å². The fourth-order valence-electron chi connectivity index (χ4n) is 1.29. The molecule has 0 saturated heterocycles. The second-order valence-corrected chi connectivity index (χ2v) is 3.90. The summed E-state index contributed by atoms with van der Waals surface area (Å²) >= 11 is 1.64. The molecule has 1 aromatic carbocycles. The van der Waals surface area contributed by atoms with Crippen molar-refractivity contribution in [3.8, 4) is 16.2 Å². The first kappa shape index (κ1) is 11.3. The SMILES string of the molecule is Cc1cccc(-c2cccs2)c1O.[Mn]. The van der Waals surface area contributed by atoms with Crippen LogP contribution in [-0.2, 0) is 17.1 Å². The normalized spacial score (nSPS) is 9.50. The van der Waals surface area contributed by atoms with Crippen LogP contribution in [0.4, 0.5) is 0 Å². The molecule has 2 rings (SSSR count). The summed E-state index contributed by atoms with van der Waals surface area (Å²) in [6, 6.07) is 9.81. The van der Waals surface area contributed by atoms with E-state index >= 15 is 0 Å². The number of thiophene rings is 1. The van der Waals surface area contributed by atoms with Crippen LogP contribution in [-0.4, -0.2) is 5.11 Å². The summed E-state index contributed by atoms with van der Waals surface area (Å²) in [6.07, 6.45) is 0. The second-order valence-electron chi connectivity index (χ2n) is 2.95. The zero-order chi connectivity index (χ0) is 9.26. The van der Waals surface area contributed by atoms with E-state index < -0.39 is 0 Å². The average Bonchev–Trinajstić information content (AvgIpc) is 2.62. The van der Waals surface area contributed by atoms with Crippen molar-refractivity contribution in [2.24, 2.45) is 0 Å². The molecule has 0 aliphatic carbocycles. The van der Waals surface area contributed by atoms with Gasteiger partial charge in [0.25, 0.3) is 0 Å². The van der Waals surface area contributed by atoms with Gasteiger partial charge in [-0.3, -0.25) is 0 Å². The van der Waals surface area contributed by atoms with E-state index in [1.54, 1.807) is 11.3 Å². The Morgan fingerprint density at radius 1 is 1.14 bits per heavy atom. The summed E-state index contributed by atoms with van der Waals surface area (Å²) in [5.41, 5.74) is 1.85. The third-order valence-electron chi connectivity index (χ3n) is 2.02. The molecule has 14 heavy (non-hydrogen) atoms. The number of hydrogen-bond donors (Lipinski definition) is 1. The molecular weight excluding hydrogens is 235 g/mol. The average molecular weight is 245 g/mol. The van der Waals surface area contributed by atoms with Crippen molar-refractivity contribution in [2.45, 2.75) is 6.92 Å². The van der Waals surface area contributed by atoms with Gasteiger partial charge in [0.15, 0.2) is 0 Å². The van der Waals surface area contributed by atoms with Gasteiger partial charge in [0.05, 0.1) is 0 Å². The number of phenols is 1. The van der Waals surface area contributed by atoms with Crippen LogP contribution in [0.15, 0.2) is 35.7 Å². The third-order valence-corrected chi connectivity index (χ3v) is 2.93. The van der Waals surface area contributed by atoms with E-state index in [0.717, 1.165) is 16.0 Å². The van der Waals surface area contributed by atoms with Gasteiger partial charge in [0, 0.05) is 27.5 Å². The van der Waals surface area contributed by atoms with E-state index in [4.69, 9.17) is 0 Å². The van der Waals surface area contributed by atoms with Gasteiger partial charge in [-0.05, 0) is 30.0 Å². The van der Waals surface area contributed by atoms with Crippen LogP contribution in [0.25, 0.3) is 10.4 Å². The number of hydrogen-bond acceptors (Lipinski definition) is 2. The molecule has 0 aliphatic rings. The first-order chi connectivity index (χ1) is 6.29. The second kappa shape index (κ2) is 4.65. The van der Waals surface area contributed by atoms with Crippen molar-refractivity contribution in [2.75, 3.05) is 0 Å². The fraction of sp³-hybridized carbons (Fsp3) is 0.0909. The van der Waals surface area contributed by atoms with Gasteiger partial charge >= 0.3 is 0 Å². The fourth-order valence-corrected chi connectivity index (χ4v) is 2.04. The van der Waals surface area contributed by atoms with Gasteiger partial charge < -0.3 is 5.11 Å². The van der Waals surface area contributed by atoms with Crippen LogP contribution in [0.3, 0.4) is 0 Å². The molecule has 1 nitrogen and oxygen atoms in total. The Balaban J connectivity index is 0.000000980. The maximum absolute atomic E-state index is 9.78. The van der Waals surface area contributed by atoms with Crippen LogP contribution in [0.2, 0.25) is 0 Å². The molecular formula is C11H10MnOS. The predicted octanol–water partition coefficient (Wildman–Crippen LogP) is 3.43. The first-order valence-corrected chi connectivity index (χ1v) is 4.99. The van der Waals surface area contributed by atoms with Gasteiger partial charge in [-0.2, -0.15) is 0 Å². The molecule has 1 radical (unpaired) electrons. The largest absolute Gasteiger partial charge is 0.507 e. The summed E-state index contributed by atoms with van der Waals surface area (Å²) in [4.78, 5) is 1.11. The Kier molecular flexibility index (Phi) is 3.76. The molecule has 0 atom stereocenters. The molecule has 0 bridgehead atoms. The summed E-state index contributed by atoms with van der Waals surface area (Å²) in [6.45, 7) is 1.91. The number of rotatable bonds is 1. The number of phenolic OH excluding ortho intramolecular Hbond substituents is 1. The first-order valence-electron chi connectivity index (χ1n) is 4.11. The molecule has 0 aliphatic heterocycles. The molecule has 0 unspecified atom stereocenters. The maximum atomic E-state index is 9.78. The number of para-hydroxylation sites is 1. The molecule has 0 spiro atoms. The van der Waals surface area contributed by atoms with Crippen LogP contribution < -0.4 is 0 Å². The Hall–Kier alpha value is -0.761. The quantitative estimate of drug-likeness (QED) is 0.763. The molecule has 2 aromatic rings. The summed E-state index contributed by atoms with van der Waals surface area (Å²) in [7, 11) is 0. The zero-order valence-corrected chi connectivity index (χ0v) is 9.69. The minimum Gasteiger partial charge on any atom is -0.507 e. The number of benzene rings is 1. The van der Waals surface area contributed by atoms with Crippen molar-refractivity contribution in [1.82, 2.24) is 0 Å². The summed E-state index contributed by atoms with van der Waals surface area (Å²) < 4.78 is 0. The standard InChI is InChI=1S/C11H10OS.Mn/c1-8-4-2-5-9(11(8)12)10-6-3-7-13-10;/h2-7,12H,1H3;. The topological polar surface area (TPSA) is 20.2 Å². The molecule has 73 valence electrons.